The summed E-state index contributed by atoms with van der Waals surface area (Å²) < 4.78 is 26.7. The van der Waals surface area contributed by atoms with Gasteiger partial charge in [-0.25, -0.2) is 13.1 Å². The highest BCUT2D eigenvalue weighted by molar-refractivity contribution is 7.92. The van der Waals surface area contributed by atoms with Gasteiger partial charge >= 0.3 is 0 Å². The number of hydrogen-bond acceptors (Lipinski definition) is 4. The van der Waals surface area contributed by atoms with E-state index in [0.717, 1.165) is 16.0 Å². The highest BCUT2D eigenvalue weighted by Gasteiger charge is 2.45. The maximum atomic E-state index is 12.2. The van der Waals surface area contributed by atoms with Gasteiger partial charge in [0, 0.05) is 10.8 Å². The molecule has 1 aliphatic rings. The average Bonchev–Trinajstić information content (AvgIpc) is 3.13. The summed E-state index contributed by atoms with van der Waals surface area (Å²) in [5, 5.41) is 0. The van der Waals surface area contributed by atoms with Crippen molar-refractivity contribution < 1.29 is 13.2 Å². The summed E-state index contributed by atoms with van der Waals surface area (Å²) in [5.74, 6) is -0.532. The Labute approximate surface area is 134 Å². The summed E-state index contributed by atoms with van der Waals surface area (Å²) in [6.45, 7) is 3.84. The molecule has 0 bridgehead atoms. The number of carbonyl (C=O) groups is 1. The van der Waals surface area contributed by atoms with Gasteiger partial charge in [-0.05, 0) is 43.9 Å². The van der Waals surface area contributed by atoms with E-state index in [-0.39, 0.29) is 16.0 Å². The molecule has 6 heteroatoms. The first-order valence-corrected chi connectivity index (χ1v) is 9.36. The number of carbonyl (C=O) groups excluding carboxylic acids is 1. The molecule has 1 aromatic heterocycles. The molecule has 0 spiro atoms. The van der Waals surface area contributed by atoms with Gasteiger partial charge in [0.1, 0.15) is 4.21 Å². The van der Waals surface area contributed by atoms with Crippen LogP contribution in [0.25, 0.3) is 0 Å². The first-order valence-electron chi connectivity index (χ1n) is 7.06. The second kappa shape index (κ2) is 5.52. The van der Waals surface area contributed by atoms with E-state index in [1.807, 2.05) is 32.0 Å². The summed E-state index contributed by atoms with van der Waals surface area (Å²) in [6, 6.07) is 11.3. The van der Waals surface area contributed by atoms with Crippen molar-refractivity contribution in [3.8, 4) is 0 Å². The van der Waals surface area contributed by atoms with Crippen LogP contribution in [0.3, 0.4) is 0 Å². The first kappa shape index (κ1) is 15.2. The molecule has 1 saturated carbocycles. The van der Waals surface area contributed by atoms with Gasteiger partial charge in [-0.15, -0.1) is 11.3 Å². The lowest BCUT2D eigenvalue weighted by Gasteiger charge is -2.05. The van der Waals surface area contributed by atoms with E-state index in [1.54, 1.807) is 6.07 Å². The predicted octanol–water partition coefficient (Wildman–Crippen LogP) is 2.97. The summed E-state index contributed by atoms with van der Waals surface area (Å²) >= 11 is 1.17. The minimum absolute atomic E-state index is 0.125. The van der Waals surface area contributed by atoms with Crippen molar-refractivity contribution in [3.05, 3.63) is 52.4 Å². The van der Waals surface area contributed by atoms with Crippen LogP contribution in [0.5, 0.6) is 0 Å². The van der Waals surface area contributed by atoms with E-state index >= 15 is 0 Å². The van der Waals surface area contributed by atoms with Crippen LogP contribution in [0.2, 0.25) is 0 Å². The van der Waals surface area contributed by atoms with E-state index in [1.165, 1.54) is 17.4 Å². The Morgan fingerprint density at radius 3 is 2.64 bits per heavy atom. The molecule has 3 rings (SSSR count). The molecule has 0 saturated heterocycles. The van der Waals surface area contributed by atoms with Crippen LogP contribution in [0.1, 0.15) is 28.3 Å². The zero-order valence-electron chi connectivity index (χ0n) is 12.4. The quantitative estimate of drug-likeness (QED) is 0.934. The molecule has 1 N–H and O–H groups in total. The summed E-state index contributed by atoms with van der Waals surface area (Å²) in [7, 11) is -3.74. The van der Waals surface area contributed by atoms with Crippen LogP contribution in [-0.4, -0.2) is 14.3 Å². The summed E-state index contributed by atoms with van der Waals surface area (Å²) in [4.78, 5) is 13.1. The third kappa shape index (κ3) is 3.08. The third-order valence-corrected chi connectivity index (χ3v) is 6.65. The fourth-order valence-corrected chi connectivity index (χ4v) is 4.88. The van der Waals surface area contributed by atoms with Gasteiger partial charge in [-0.2, -0.15) is 0 Å². The number of aryl methyl sites for hydroxylation is 2. The van der Waals surface area contributed by atoms with Crippen molar-refractivity contribution in [3.63, 3.8) is 0 Å². The number of amides is 1. The van der Waals surface area contributed by atoms with E-state index < -0.39 is 15.9 Å². The Morgan fingerprint density at radius 2 is 2.00 bits per heavy atom. The number of hydrogen-bond donors (Lipinski definition) is 1. The molecular weight excluding hydrogens is 318 g/mol. The third-order valence-electron chi connectivity index (χ3n) is 3.81. The van der Waals surface area contributed by atoms with Crippen LogP contribution in [-0.2, 0) is 14.8 Å². The lowest BCUT2D eigenvalue weighted by atomic mass is 10.1. The smallest absolute Gasteiger partial charge is 0.273 e. The van der Waals surface area contributed by atoms with Crippen molar-refractivity contribution in [2.24, 2.45) is 5.92 Å². The topological polar surface area (TPSA) is 63.2 Å². The van der Waals surface area contributed by atoms with Crippen molar-refractivity contribution in [2.75, 3.05) is 0 Å². The molecule has 0 radical (unpaired) electrons. The molecule has 0 unspecified atom stereocenters. The zero-order chi connectivity index (χ0) is 15.9. The Kier molecular flexibility index (Phi) is 3.82. The van der Waals surface area contributed by atoms with E-state index in [0.29, 0.717) is 6.42 Å². The highest BCUT2D eigenvalue weighted by Crippen LogP contribution is 2.47. The second-order valence-electron chi connectivity index (χ2n) is 5.70. The summed E-state index contributed by atoms with van der Waals surface area (Å²) in [5.41, 5.74) is 2.25. The molecule has 1 aliphatic carbocycles. The SMILES string of the molecule is Cc1cccc([C@@H]2C[C@@H]2C(=O)NS(=O)(=O)c2ccc(C)s2)c1. The Bertz CT molecular complexity index is 823. The van der Waals surface area contributed by atoms with Crippen LogP contribution in [0, 0.1) is 19.8 Å². The van der Waals surface area contributed by atoms with Crippen LogP contribution >= 0.6 is 11.3 Å². The molecule has 22 heavy (non-hydrogen) atoms. The largest absolute Gasteiger partial charge is 0.274 e. The van der Waals surface area contributed by atoms with Gasteiger partial charge in [-0.3, -0.25) is 4.79 Å². The molecule has 0 aliphatic heterocycles. The number of rotatable bonds is 4. The molecule has 2 atom stereocenters. The van der Waals surface area contributed by atoms with Crippen LogP contribution < -0.4 is 4.72 Å². The monoisotopic (exact) mass is 335 g/mol. The maximum absolute atomic E-state index is 12.2. The first-order chi connectivity index (χ1) is 10.4. The molecule has 116 valence electrons. The zero-order valence-corrected chi connectivity index (χ0v) is 14.0. The summed E-state index contributed by atoms with van der Waals surface area (Å²) in [6.07, 6.45) is 0.703. The van der Waals surface area contributed by atoms with Gasteiger partial charge in [0.15, 0.2) is 0 Å². The number of sulfonamides is 1. The van der Waals surface area contributed by atoms with E-state index in [9.17, 15) is 13.2 Å². The minimum atomic E-state index is -3.74. The minimum Gasteiger partial charge on any atom is -0.274 e. The standard InChI is InChI=1S/C16H17NO3S2/c1-10-4-3-5-12(8-10)13-9-14(13)16(18)17-22(19,20)15-7-6-11(2)21-15/h3-8,13-14H,9H2,1-2H3,(H,17,18)/t13-,14-/m0/s1. The van der Waals surface area contributed by atoms with Gasteiger partial charge < -0.3 is 0 Å². The van der Waals surface area contributed by atoms with Crippen molar-refractivity contribution in [1.82, 2.24) is 4.72 Å². The number of nitrogens with one attached hydrogen (secondary N) is 1. The van der Waals surface area contributed by atoms with E-state index in [2.05, 4.69) is 10.8 Å². The highest BCUT2D eigenvalue weighted by atomic mass is 32.2. The molecule has 1 aromatic carbocycles. The Morgan fingerprint density at radius 1 is 1.23 bits per heavy atom. The Balaban J connectivity index is 1.69. The molecule has 4 nitrogen and oxygen atoms in total. The lowest BCUT2D eigenvalue weighted by molar-refractivity contribution is -0.120. The predicted molar refractivity (Wildman–Crippen MR) is 86.4 cm³/mol. The fourth-order valence-electron chi connectivity index (χ4n) is 2.57. The normalized spacial score (nSPS) is 20.6. The van der Waals surface area contributed by atoms with Gasteiger partial charge in [0.05, 0.1) is 0 Å². The lowest BCUT2D eigenvalue weighted by Crippen LogP contribution is -2.31. The number of benzene rings is 1. The van der Waals surface area contributed by atoms with Crippen molar-refractivity contribution in [1.29, 1.82) is 0 Å². The van der Waals surface area contributed by atoms with Crippen LogP contribution in [0.4, 0.5) is 0 Å². The van der Waals surface area contributed by atoms with E-state index in [4.69, 9.17) is 0 Å². The molecule has 1 heterocycles. The molecule has 2 aromatic rings. The van der Waals surface area contributed by atoms with Gasteiger partial charge in [0.2, 0.25) is 5.91 Å². The average molecular weight is 335 g/mol. The van der Waals surface area contributed by atoms with Crippen molar-refractivity contribution >= 4 is 27.3 Å². The fraction of sp³-hybridized carbons (Fsp3) is 0.312. The van der Waals surface area contributed by atoms with Crippen LogP contribution in [0.15, 0.2) is 40.6 Å². The second-order valence-corrected chi connectivity index (χ2v) is 8.89. The maximum Gasteiger partial charge on any atom is 0.273 e. The molecule has 1 amide bonds. The van der Waals surface area contributed by atoms with Gasteiger partial charge in [0.25, 0.3) is 10.0 Å². The number of thiophene rings is 1. The Hall–Kier alpha value is -1.66. The van der Waals surface area contributed by atoms with Crippen molar-refractivity contribution in [2.45, 2.75) is 30.4 Å². The molecule has 1 fully saturated rings. The van der Waals surface area contributed by atoms with Gasteiger partial charge in [-0.1, -0.05) is 29.8 Å². The molecular formula is C16H17NO3S2.